The first-order valence-electron chi connectivity index (χ1n) is 14.9. The fraction of sp³-hybridized carbons (Fsp3) is 0.714. The van der Waals surface area contributed by atoms with Gasteiger partial charge in [0, 0.05) is 36.9 Å². The van der Waals surface area contributed by atoms with Crippen LogP contribution in [-0.2, 0) is 14.0 Å². The third-order valence-electron chi connectivity index (χ3n) is 4.48. The van der Waals surface area contributed by atoms with Crippen LogP contribution in [0, 0.1) is 0 Å². The highest BCUT2D eigenvalue weighted by molar-refractivity contribution is 6.61. The second-order valence-electron chi connectivity index (χ2n) is 8.47. The lowest BCUT2D eigenvalue weighted by atomic mass is 9.83. The summed E-state index contributed by atoms with van der Waals surface area (Å²) in [6.45, 7) is 3.40. The lowest BCUT2D eigenvalue weighted by Crippen LogP contribution is -2.42. The van der Waals surface area contributed by atoms with Crippen LogP contribution in [0.4, 0.5) is 4.79 Å². The van der Waals surface area contributed by atoms with Gasteiger partial charge < -0.3 is 18.9 Å². The Kier molecular flexibility index (Phi) is 2.74. The van der Waals surface area contributed by atoms with Crippen molar-refractivity contribution >= 4 is 18.8 Å². The van der Waals surface area contributed by atoms with Crippen molar-refractivity contribution in [3.63, 3.8) is 0 Å². The molecule has 154 valence electrons. The van der Waals surface area contributed by atoms with E-state index in [1.54, 1.807) is 27.7 Å². The molecule has 0 aromatic carbocycles. The highest BCUT2D eigenvalue weighted by atomic mass is 16.7. The predicted molar refractivity (Wildman–Crippen MR) is 110 cm³/mol. The normalized spacial score (nSPS) is 37.0. The maximum absolute atomic E-state index is 13.0. The van der Waals surface area contributed by atoms with E-state index in [1.807, 2.05) is 0 Å². The molecule has 3 heterocycles. The molecule has 0 unspecified atom stereocenters. The minimum atomic E-state index is -3.81. The van der Waals surface area contributed by atoms with Gasteiger partial charge in [0.05, 0.1) is 20.9 Å². The molecule has 2 saturated heterocycles. The average molecular weight is 400 g/mol. The lowest BCUT2D eigenvalue weighted by molar-refractivity contribution is 0.00578. The zero-order valence-corrected chi connectivity index (χ0v) is 17.1. The molecule has 7 heteroatoms. The maximum atomic E-state index is 13.0. The van der Waals surface area contributed by atoms with Crippen molar-refractivity contribution in [2.75, 3.05) is 13.0 Å². The summed E-state index contributed by atoms with van der Waals surface area (Å²) in [6, 6.07) is -2.69. The number of likely N-dealkylation sites (tertiary alicyclic amines) is 1. The van der Waals surface area contributed by atoms with Gasteiger partial charge in [-0.15, -0.1) is 0 Å². The van der Waals surface area contributed by atoms with Gasteiger partial charge in [-0.2, -0.15) is 0 Å². The van der Waals surface area contributed by atoms with E-state index >= 15 is 0 Å². The Hall–Kier alpha value is -1.60. The SMILES string of the molecule is [2H]c1c(B2OC(C)(C)C(C)(C)O2)nc(C2([2H])C([2H])([2H])C([2H])([2H])N(C(=O)OC(C)(C)C)C([2H])([2H])C2([2H])[2H])c([2H])c1[2H]. The largest absolute Gasteiger partial charge is 0.514 e. The van der Waals surface area contributed by atoms with Crippen LogP contribution < -0.4 is 5.59 Å². The van der Waals surface area contributed by atoms with Crippen molar-refractivity contribution in [2.45, 2.75) is 83.9 Å². The number of nitrogens with zero attached hydrogens (tertiary/aromatic N) is 2. The molecule has 0 spiro atoms. The van der Waals surface area contributed by atoms with Gasteiger partial charge in [0.15, 0.2) is 0 Å². The summed E-state index contributed by atoms with van der Waals surface area (Å²) in [7, 11) is -1.46. The van der Waals surface area contributed by atoms with Gasteiger partial charge in [-0.05, 0) is 73.3 Å². The average Bonchev–Trinajstić information content (AvgIpc) is 2.95. The summed E-state index contributed by atoms with van der Waals surface area (Å²) in [6.07, 6.45) is -9.33. The first-order valence-corrected chi connectivity index (χ1v) is 8.90. The molecular weight excluding hydrogens is 355 g/mol. The van der Waals surface area contributed by atoms with Crippen LogP contribution in [0.25, 0.3) is 0 Å². The van der Waals surface area contributed by atoms with Gasteiger partial charge in [-0.25, -0.2) is 4.79 Å². The second-order valence-corrected chi connectivity index (χ2v) is 8.47. The molecule has 1 aromatic rings. The number of amides is 1. The predicted octanol–water partition coefficient (Wildman–Crippen LogP) is 3.50. The Morgan fingerprint density at radius 2 is 1.86 bits per heavy atom. The van der Waals surface area contributed by atoms with E-state index in [4.69, 9.17) is 30.5 Å². The highest BCUT2D eigenvalue weighted by Gasteiger charge is 2.52. The topological polar surface area (TPSA) is 60.9 Å². The van der Waals surface area contributed by atoms with Crippen LogP contribution in [-0.4, -0.2) is 52.9 Å². The third-order valence-corrected chi connectivity index (χ3v) is 4.48. The Bertz CT molecular complexity index is 1190. The monoisotopic (exact) mass is 400 g/mol. The van der Waals surface area contributed by atoms with Gasteiger partial charge >= 0.3 is 13.2 Å². The quantitative estimate of drug-likeness (QED) is 0.712. The fourth-order valence-corrected chi connectivity index (χ4v) is 2.32. The van der Waals surface area contributed by atoms with Gasteiger partial charge in [0.1, 0.15) is 5.60 Å². The number of ether oxygens (including phenoxy) is 1. The fourth-order valence-electron chi connectivity index (χ4n) is 2.32. The molecule has 0 bridgehead atoms. The van der Waals surface area contributed by atoms with Crippen LogP contribution >= 0.6 is 0 Å². The van der Waals surface area contributed by atoms with Crippen LogP contribution in [0.2, 0.25) is 0 Å². The number of piperidine rings is 1. The zero-order valence-electron chi connectivity index (χ0n) is 29.1. The number of carbonyl (C=O) groups excluding carboxylic acids is 1. The molecular formula is C21H33BN2O4. The molecule has 0 radical (unpaired) electrons. The number of rotatable bonds is 2. The molecule has 3 rings (SSSR count). The molecule has 6 nitrogen and oxygen atoms in total. The molecule has 0 atom stereocenters. The molecule has 0 saturated carbocycles. The van der Waals surface area contributed by atoms with Crippen LogP contribution in [0.3, 0.4) is 0 Å². The molecule has 2 aliphatic heterocycles. The highest BCUT2D eigenvalue weighted by Crippen LogP contribution is 2.36. The minimum Gasteiger partial charge on any atom is -0.444 e. The van der Waals surface area contributed by atoms with Crippen molar-refractivity contribution in [1.29, 1.82) is 0 Å². The lowest BCUT2D eigenvalue weighted by Gasteiger charge is -2.33. The maximum Gasteiger partial charge on any atom is 0.514 e. The van der Waals surface area contributed by atoms with Gasteiger partial charge in [0.2, 0.25) is 0 Å². The molecule has 2 fully saturated rings. The Labute approximate surface area is 185 Å². The third kappa shape index (κ3) is 4.52. The van der Waals surface area contributed by atoms with Crippen LogP contribution in [0.15, 0.2) is 18.1 Å². The van der Waals surface area contributed by atoms with Gasteiger partial charge in [0.25, 0.3) is 0 Å². The number of hydrogen-bond donors (Lipinski definition) is 0. The first-order chi connectivity index (χ1) is 17.5. The molecule has 0 N–H and O–H groups in total. The Balaban J connectivity index is 2.35. The summed E-state index contributed by atoms with van der Waals surface area (Å²) >= 11 is 0. The van der Waals surface area contributed by atoms with E-state index in [9.17, 15) is 4.79 Å². The number of carbonyl (C=O) groups is 1. The summed E-state index contributed by atoms with van der Waals surface area (Å²) in [5.74, 6) is -3.69. The zero-order chi connectivity index (χ0) is 31.4. The summed E-state index contributed by atoms with van der Waals surface area (Å²) < 4.78 is 120. The number of pyridine rings is 1. The first kappa shape index (κ1) is 10.4. The standard InChI is InChI=1S/C21H33BN2O4/c1-19(2,3)26-18(25)24-13-11-15(12-14-24)16-9-8-10-17(23-16)22-27-20(4,5)21(6,7)28-22/h8-10,15H,11-14H2,1-7H3/i8D,9D,10D,11D2,12D2,13D2,14D2,15D. The summed E-state index contributed by atoms with van der Waals surface area (Å²) in [5.41, 5.74) is -4.89. The summed E-state index contributed by atoms with van der Waals surface area (Å²) in [5, 5.41) is 0. The molecule has 0 aliphatic carbocycles. The van der Waals surface area contributed by atoms with Crippen LogP contribution in [0.5, 0.6) is 0 Å². The number of hydrogen-bond acceptors (Lipinski definition) is 5. The Morgan fingerprint density at radius 1 is 1.29 bits per heavy atom. The van der Waals surface area contributed by atoms with E-state index in [0.29, 0.717) is 0 Å². The smallest absolute Gasteiger partial charge is 0.444 e. The summed E-state index contributed by atoms with van der Waals surface area (Å²) in [4.78, 5) is 16.6. The Morgan fingerprint density at radius 3 is 2.39 bits per heavy atom. The molecule has 1 aromatic heterocycles. The number of aromatic nitrogens is 1. The van der Waals surface area contributed by atoms with E-state index in [1.165, 1.54) is 20.8 Å². The van der Waals surface area contributed by atoms with Gasteiger partial charge in [-0.1, -0.05) is 6.04 Å². The van der Waals surface area contributed by atoms with E-state index in [2.05, 4.69) is 4.98 Å². The van der Waals surface area contributed by atoms with E-state index in [-0.39, 0.29) is 4.90 Å². The van der Waals surface area contributed by atoms with E-state index < -0.39 is 91.1 Å². The molecule has 28 heavy (non-hydrogen) atoms. The van der Waals surface area contributed by atoms with Gasteiger partial charge in [-0.3, -0.25) is 4.98 Å². The van der Waals surface area contributed by atoms with Crippen molar-refractivity contribution in [2.24, 2.45) is 0 Å². The van der Waals surface area contributed by atoms with E-state index in [0.717, 1.165) is 0 Å². The molecule has 1 amide bonds. The van der Waals surface area contributed by atoms with Crippen molar-refractivity contribution in [1.82, 2.24) is 9.88 Å². The second kappa shape index (κ2) is 7.34. The van der Waals surface area contributed by atoms with Crippen molar-refractivity contribution < 1.29 is 35.3 Å². The molecule has 2 aliphatic rings. The van der Waals surface area contributed by atoms with Crippen LogP contribution in [0.1, 0.15) is 89.2 Å². The van der Waals surface area contributed by atoms with Crippen molar-refractivity contribution in [3.05, 3.63) is 23.8 Å². The minimum absolute atomic E-state index is 0.350. The van der Waals surface area contributed by atoms with Crippen molar-refractivity contribution in [3.8, 4) is 0 Å².